The molecule has 3 aromatic rings. The number of nitrogens with one attached hydrogen (secondary N) is 2. The molecule has 0 bridgehead atoms. The monoisotopic (exact) mass is 386 g/mol. The molecule has 0 radical (unpaired) electrons. The van der Waals surface area contributed by atoms with E-state index in [9.17, 15) is 4.79 Å². The van der Waals surface area contributed by atoms with E-state index in [0.29, 0.717) is 27.2 Å². The van der Waals surface area contributed by atoms with Crippen molar-refractivity contribution in [2.75, 3.05) is 10.6 Å². The van der Waals surface area contributed by atoms with Gasteiger partial charge in [0.15, 0.2) is 0 Å². The second-order valence-electron chi connectivity index (χ2n) is 5.79. The molecule has 0 aliphatic carbocycles. The fourth-order valence-corrected chi connectivity index (χ4v) is 2.88. The number of anilines is 3. The lowest BCUT2D eigenvalue weighted by Gasteiger charge is -2.10. The Kier molecular flexibility index (Phi) is 5.40. The van der Waals surface area contributed by atoms with Gasteiger partial charge in [0.2, 0.25) is 5.95 Å². The smallest absolute Gasteiger partial charge is 0.258 e. The van der Waals surface area contributed by atoms with E-state index < -0.39 is 5.91 Å². The van der Waals surface area contributed by atoms with Crippen LogP contribution in [0.5, 0.6) is 0 Å². The summed E-state index contributed by atoms with van der Waals surface area (Å²) in [5.41, 5.74) is 3.84. The highest BCUT2D eigenvalue weighted by molar-refractivity contribution is 6.40. The summed E-state index contributed by atoms with van der Waals surface area (Å²) in [7, 11) is 0. The van der Waals surface area contributed by atoms with Gasteiger partial charge in [0.05, 0.1) is 21.3 Å². The molecule has 0 atom stereocenters. The van der Waals surface area contributed by atoms with Gasteiger partial charge in [-0.25, -0.2) is 9.97 Å². The van der Waals surface area contributed by atoms with Crippen molar-refractivity contribution in [3.05, 3.63) is 75.5 Å². The van der Waals surface area contributed by atoms with Gasteiger partial charge in [-0.2, -0.15) is 0 Å². The summed E-state index contributed by atoms with van der Waals surface area (Å²) in [6.45, 7) is 4.04. The van der Waals surface area contributed by atoms with Crippen LogP contribution >= 0.6 is 23.2 Å². The highest BCUT2D eigenvalue weighted by atomic mass is 35.5. The van der Waals surface area contributed by atoms with E-state index in [1.807, 2.05) is 26.0 Å². The summed E-state index contributed by atoms with van der Waals surface area (Å²) in [6, 6.07) is 11.0. The highest BCUT2D eigenvalue weighted by Gasteiger charge is 2.12. The second-order valence-corrected chi connectivity index (χ2v) is 6.60. The van der Waals surface area contributed by atoms with Crippen molar-refractivity contribution < 1.29 is 4.79 Å². The lowest BCUT2D eigenvalue weighted by atomic mass is 10.1. The normalized spacial score (nSPS) is 10.5. The average molecular weight is 387 g/mol. The summed E-state index contributed by atoms with van der Waals surface area (Å²) in [4.78, 5) is 20.7. The molecule has 0 aliphatic rings. The van der Waals surface area contributed by atoms with Crippen molar-refractivity contribution in [2.24, 2.45) is 0 Å². The van der Waals surface area contributed by atoms with E-state index in [1.54, 1.807) is 18.2 Å². The van der Waals surface area contributed by atoms with E-state index in [1.165, 1.54) is 18.0 Å². The van der Waals surface area contributed by atoms with Gasteiger partial charge in [-0.1, -0.05) is 47.0 Å². The minimum absolute atomic E-state index is 0.298. The van der Waals surface area contributed by atoms with Gasteiger partial charge in [-0.05, 0) is 37.6 Å². The Bertz CT molecular complexity index is 938. The number of aryl methyl sites for hydroxylation is 2. The van der Waals surface area contributed by atoms with Crippen LogP contribution in [0, 0.1) is 13.8 Å². The maximum atomic E-state index is 12.4. The predicted molar refractivity (Wildman–Crippen MR) is 106 cm³/mol. The largest absolute Gasteiger partial charge is 0.324 e. The summed E-state index contributed by atoms with van der Waals surface area (Å²) >= 11 is 12.1. The molecule has 132 valence electrons. The third-order valence-corrected chi connectivity index (χ3v) is 4.37. The number of carbonyl (C=O) groups excluding carboxylic acids is 1. The number of para-hydroxylation sites is 1. The van der Waals surface area contributed by atoms with Crippen molar-refractivity contribution in [1.82, 2.24) is 9.97 Å². The predicted octanol–water partition coefficient (Wildman–Crippen LogP) is 5.40. The van der Waals surface area contributed by atoms with Crippen molar-refractivity contribution in [1.29, 1.82) is 0 Å². The molecule has 0 saturated carbocycles. The van der Waals surface area contributed by atoms with Crippen LogP contribution in [0.15, 0.2) is 48.8 Å². The molecule has 7 heteroatoms. The fraction of sp³-hybridized carbons (Fsp3) is 0.105. The van der Waals surface area contributed by atoms with E-state index in [-0.39, 0.29) is 0 Å². The Morgan fingerprint density at radius 1 is 1.00 bits per heavy atom. The summed E-state index contributed by atoms with van der Waals surface area (Å²) < 4.78 is 0. The number of benzene rings is 2. The topological polar surface area (TPSA) is 66.9 Å². The van der Waals surface area contributed by atoms with E-state index in [2.05, 4.69) is 26.7 Å². The van der Waals surface area contributed by atoms with Gasteiger partial charge in [0.1, 0.15) is 0 Å². The molecule has 0 saturated heterocycles. The molecule has 1 heterocycles. The van der Waals surface area contributed by atoms with Crippen LogP contribution in [-0.4, -0.2) is 15.9 Å². The molecule has 2 aromatic carbocycles. The zero-order valence-corrected chi connectivity index (χ0v) is 15.7. The first-order valence-electron chi connectivity index (χ1n) is 7.86. The molecular formula is C19H16Cl2N4O. The summed E-state index contributed by atoms with van der Waals surface area (Å²) in [5, 5.41) is 6.54. The number of amides is 1. The molecule has 0 spiro atoms. The first-order chi connectivity index (χ1) is 12.4. The standard InChI is InChI=1S/C19H16Cl2N4O/c1-11-6-7-16(12(2)8-11)24-19-22-9-13(10-23-19)18(26)25-17-14(20)4-3-5-15(17)21/h3-10H,1-2H3,(H,25,26)(H,22,23,24). The number of hydrogen-bond acceptors (Lipinski definition) is 4. The van der Waals surface area contributed by atoms with Gasteiger partial charge >= 0.3 is 0 Å². The molecule has 3 rings (SSSR count). The minimum atomic E-state index is -0.391. The number of carbonyl (C=O) groups is 1. The molecular weight excluding hydrogens is 371 g/mol. The maximum absolute atomic E-state index is 12.4. The first-order valence-corrected chi connectivity index (χ1v) is 8.61. The van der Waals surface area contributed by atoms with Crippen molar-refractivity contribution in [2.45, 2.75) is 13.8 Å². The molecule has 5 nitrogen and oxygen atoms in total. The number of nitrogens with zero attached hydrogens (tertiary/aromatic N) is 2. The SMILES string of the molecule is Cc1ccc(Nc2ncc(C(=O)Nc3c(Cl)cccc3Cl)cn2)c(C)c1. The highest BCUT2D eigenvalue weighted by Crippen LogP contribution is 2.30. The Morgan fingerprint density at radius 2 is 1.65 bits per heavy atom. The molecule has 0 aliphatic heterocycles. The van der Waals surface area contributed by atoms with Crippen LogP contribution in [0.1, 0.15) is 21.5 Å². The van der Waals surface area contributed by atoms with Crippen LogP contribution in [0.4, 0.5) is 17.3 Å². The fourth-order valence-electron chi connectivity index (χ4n) is 2.39. The Hall–Kier alpha value is -2.63. The molecule has 26 heavy (non-hydrogen) atoms. The van der Waals surface area contributed by atoms with E-state index in [4.69, 9.17) is 23.2 Å². The number of rotatable bonds is 4. The van der Waals surface area contributed by atoms with Crippen molar-refractivity contribution in [3.8, 4) is 0 Å². The lowest BCUT2D eigenvalue weighted by molar-refractivity contribution is 0.102. The van der Waals surface area contributed by atoms with Crippen LogP contribution < -0.4 is 10.6 Å². The van der Waals surface area contributed by atoms with Crippen LogP contribution in [0.25, 0.3) is 0 Å². The maximum Gasteiger partial charge on any atom is 0.258 e. The molecule has 1 aromatic heterocycles. The van der Waals surface area contributed by atoms with Gasteiger partial charge < -0.3 is 10.6 Å². The zero-order chi connectivity index (χ0) is 18.7. The van der Waals surface area contributed by atoms with Gasteiger partial charge in [-0.15, -0.1) is 0 Å². The van der Waals surface area contributed by atoms with Gasteiger partial charge in [0, 0.05) is 18.1 Å². The molecule has 1 amide bonds. The van der Waals surface area contributed by atoms with Crippen LogP contribution in [-0.2, 0) is 0 Å². The van der Waals surface area contributed by atoms with Crippen molar-refractivity contribution in [3.63, 3.8) is 0 Å². The minimum Gasteiger partial charge on any atom is -0.324 e. The lowest BCUT2D eigenvalue weighted by Crippen LogP contribution is -2.13. The number of hydrogen-bond donors (Lipinski definition) is 2. The number of halogens is 2. The zero-order valence-electron chi connectivity index (χ0n) is 14.2. The van der Waals surface area contributed by atoms with Crippen LogP contribution in [0.3, 0.4) is 0 Å². The summed E-state index contributed by atoms with van der Waals surface area (Å²) in [6.07, 6.45) is 2.89. The molecule has 2 N–H and O–H groups in total. The Labute approximate surface area is 161 Å². The number of aromatic nitrogens is 2. The second kappa shape index (κ2) is 7.72. The first kappa shape index (κ1) is 18.2. The van der Waals surface area contributed by atoms with E-state index in [0.717, 1.165) is 11.3 Å². The third-order valence-electron chi connectivity index (χ3n) is 3.74. The van der Waals surface area contributed by atoms with Gasteiger partial charge in [0.25, 0.3) is 5.91 Å². The molecule has 0 unspecified atom stereocenters. The van der Waals surface area contributed by atoms with Crippen LogP contribution in [0.2, 0.25) is 10.0 Å². The Balaban J connectivity index is 1.74. The molecule has 0 fully saturated rings. The third kappa shape index (κ3) is 4.12. The van der Waals surface area contributed by atoms with E-state index >= 15 is 0 Å². The average Bonchev–Trinajstić information content (AvgIpc) is 2.61. The Morgan fingerprint density at radius 3 is 2.27 bits per heavy atom. The summed E-state index contributed by atoms with van der Waals surface area (Å²) in [5.74, 6) is 0.0161. The quantitative estimate of drug-likeness (QED) is 0.629. The van der Waals surface area contributed by atoms with Gasteiger partial charge in [-0.3, -0.25) is 4.79 Å². The van der Waals surface area contributed by atoms with Crippen molar-refractivity contribution >= 4 is 46.4 Å².